The van der Waals surface area contributed by atoms with E-state index in [0.29, 0.717) is 5.52 Å². The molecule has 0 unspecified atom stereocenters. The van der Waals surface area contributed by atoms with Crippen LogP contribution in [-0.2, 0) is 19.2 Å². The summed E-state index contributed by atoms with van der Waals surface area (Å²) >= 11 is 0. The van der Waals surface area contributed by atoms with E-state index in [2.05, 4.69) is 4.89 Å². The molecule has 3 fully saturated rings. The summed E-state index contributed by atoms with van der Waals surface area (Å²) in [5.74, 6) is -4.43. The van der Waals surface area contributed by atoms with Crippen LogP contribution in [0.5, 0.6) is 0 Å². The molecule has 1 aromatic carbocycles. The minimum absolute atomic E-state index is 0. The van der Waals surface area contributed by atoms with Gasteiger partial charge in [-0.25, -0.2) is 14.0 Å². The molecule has 1 aromatic heterocycles. The number of benzene rings is 1. The van der Waals surface area contributed by atoms with Gasteiger partial charge in [-0.05, 0) is 37.5 Å². The molecule has 4 atom stereocenters. The van der Waals surface area contributed by atoms with E-state index in [0.717, 1.165) is 23.8 Å². The van der Waals surface area contributed by atoms with Crippen LogP contribution >= 0.6 is 0 Å². The predicted octanol–water partition coefficient (Wildman–Crippen LogP) is -6.26. The molecular formula is C29H29FN4Na2O10. The summed E-state index contributed by atoms with van der Waals surface area (Å²) in [6.45, 7) is 2.82. The van der Waals surface area contributed by atoms with Crippen molar-refractivity contribution >= 4 is 40.5 Å². The number of hydrogen-bond acceptors (Lipinski definition) is 10. The number of carboxylic acid groups (broad SMARTS) is 2. The number of rotatable bonds is 8. The molecule has 2 saturated heterocycles. The summed E-state index contributed by atoms with van der Waals surface area (Å²) in [4.78, 5) is 69.8. The number of nitrogens with zero attached hydrogens (tertiary/aromatic N) is 4. The van der Waals surface area contributed by atoms with Crippen LogP contribution in [0.25, 0.3) is 10.9 Å². The van der Waals surface area contributed by atoms with Crippen LogP contribution in [0, 0.1) is 11.7 Å². The van der Waals surface area contributed by atoms with Crippen molar-refractivity contribution in [2.75, 3.05) is 31.1 Å². The summed E-state index contributed by atoms with van der Waals surface area (Å²) in [7, 11) is 0. The Hall–Kier alpha value is -2.50. The second-order valence-electron chi connectivity index (χ2n) is 11.7. The topological polar surface area (TPSA) is 185 Å². The third-order valence-electron chi connectivity index (χ3n) is 9.16. The van der Waals surface area contributed by atoms with Crippen LogP contribution in [0.3, 0.4) is 0 Å². The van der Waals surface area contributed by atoms with E-state index in [4.69, 9.17) is 4.74 Å². The molecule has 14 nitrogen and oxygen atoms in total. The molecule has 17 heteroatoms. The molecule has 4 aliphatic rings. The molecule has 1 N–H and O–H groups in total. The van der Waals surface area contributed by atoms with Crippen LogP contribution in [0.2, 0.25) is 0 Å². The zero-order chi connectivity index (χ0) is 31.6. The van der Waals surface area contributed by atoms with Gasteiger partial charge in [-0.2, -0.15) is 0 Å². The quantitative estimate of drug-likeness (QED) is 0.123. The van der Waals surface area contributed by atoms with Crippen molar-refractivity contribution < 1.29 is 108 Å². The summed E-state index contributed by atoms with van der Waals surface area (Å²) in [6.07, 6.45) is 1.11. The maximum Gasteiger partial charge on any atom is 1.00 e. The molecule has 1 saturated carbocycles. The second kappa shape index (κ2) is 13.9. The number of anilines is 1. The predicted molar refractivity (Wildman–Crippen MR) is 144 cm³/mol. The van der Waals surface area contributed by atoms with Crippen LogP contribution in [-0.4, -0.2) is 87.8 Å². The van der Waals surface area contributed by atoms with Gasteiger partial charge < -0.3 is 44.3 Å². The largest absolute Gasteiger partial charge is 1.00 e. The number of pyridine rings is 1. The van der Waals surface area contributed by atoms with E-state index in [1.54, 1.807) is 16.4 Å². The summed E-state index contributed by atoms with van der Waals surface area (Å²) in [5.41, 5.74) is -0.813. The molecule has 0 spiro atoms. The van der Waals surface area contributed by atoms with Crippen molar-refractivity contribution in [3.05, 3.63) is 51.2 Å². The van der Waals surface area contributed by atoms with E-state index in [1.165, 1.54) is 24.1 Å². The Kier molecular flexibility index (Phi) is 11.0. The molecule has 4 heterocycles. The molecule has 0 bridgehead atoms. The maximum atomic E-state index is 15.5. The third-order valence-corrected chi connectivity index (χ3v) is 9.16. The molecule has 0 radical (unpaired) electrons. The Morgan fingerprint density at radius 2 is 1.85 bits per heavy atom. The summed E-state index contributed by atoms with van der Waals surface area (Å²) in [6, 6.07) is 1.23. The fourth-order valence-electron chi connectivity index (χ4n) is 6.52. The Bertz CT molecular complexity index is 1700. The van der Waals surface area contributed by atoms with Crippen LogP contribution in [0.4, 0.5) is 14.9 Å². The number of piperazine rings is 1. The van der Waals surface area contributed by atoms with Crippen molar-refractivity contribution in [3.8, 4) is 0 Å². The molecule has 3 aliphatic heterocycles. The number of amides is 2. The van der Waals surface area contributed by atoms with Gasteiger partial charge in [0.05, 0.1) is 41.1 Å². The number of aromatic nitrogens is 1. The van der Waals surface area contributed by atoms with Gasteiger partial charge in [-0.1, -0.05) is 6.92 Å². The number of halogens is 1. The van der Waals surface area contributed by atoms with Gasteiger partial charge >= 0.3 is 71.2 Å². The Balaban J connectivity index is 0.00000240. The molecule has 2 aromatic rings. The monoisotopic (exact) mass is 658 g/mol. The zero-order valence-corrected chi connectivity index (χ0v) is 29.9. The molecule has 234 valence electrons. The van der Waals surface area contributed by atoms with Gasteiger partial charge in [0.15, 0.2) is 0 Å². The Morgan fingerprint density at radius 1 is 1.15 bits per heavy atom. The maximum absolute atomic E-state index is 15.5. The van der Waals surface area contributed by atoms with Crippen molar-refractivity contribution in [2.45, 2.75) is 57.3 Å². The summed E-state index contributed by atoms with van der Waals surface area (Å²) in [5, 5.41) is 32.7. The fraction of sp³-hybridized carbons (Fsp3) is 0.483. The fourth-order valence-corrected chi connectivity index (χ4v) is 6.52. The number of aromatic carboxylic acids is 1. The Morgan fingerprint density at radius 3 is 2.43 bits per heavy atom. The SMILES string of the molecule is C[C@@H]1C(COC(=O)N2CCN(c3cc4c(cc3F)c(=O)c(C(=O)O)cn4C3CC3)C[C@H]2[C@@H](C)O[O-])=C(C(=O)[O-])N2C(=O)C[C@H]12.[Na+].[Na+]. The minimum Gasteiger partial charge on any atom is -0.723 e. The first kappa shape index (κ1) is 36.3. The van der Waals surface area contributed by atoms with Gasteiger partial charge in [0.1, 0.15) is 18.0 Å². The molecular weight excluding hydrogens is 629 g/mol. The first-order valence-electron chi connectivity index (χ1n) is 14.3. The van der Waals surface area contributed by atoms with Crippen LogP contribution in [0.15, 0.2) is 34.4 Å². The third kappa shape index (κ3) is 6.23. The van der Waals surface area contributed by atoms with Gasteiger partial charge in [-0.3, -0.25) is 14.5 Å². The first-order valence-corrected chi connectivity index (χ1v) is 14.3. The minimum atomic E-state index is -1.54. The smallest absolute Gasteiger partial charge is 0.723 e. The standard InChI is InChI=1S/C29H31FN4O10.2Na/c1-13-18(25(28(39)40)34-20(13)9-24(34)35)12-43-29(41)32-6-5-31(11-23(32)14(2)44-42)22-8-21-16(7-19(22)30)26(36)17(27(37)38)10-33(21)15-3-4-15;;/h7-8,10,13-15,20,23,42H,3-6,9,11-12H2,1-2H3,(H,37,38)(H,39,40);;/q;2*+1/p-2/t13-,14-,20-,23+;;/m1../s1. The van der Waals surface area contributed by atoms with Gasteiger partial charge in [-0.15, -0.1) is 0 Å². The molecule has 6 rings (SSSR count). The number of hydrogen-bond donors (Lipinski definition) is 1. The first-order chi connectivity index (χ1) is 20.9. The van der Waals surface area contributed by atoms with E-state index >= 15 is 4.39 Å². The van der Waals surface area contributed by atoms with Crippen molar-refractivity contribution in [2.24, 2.45) is 5.92 Å². The average molecular weight is 659 g/mol. The van der Waals surface area contributed by atoms with Crippen molar-refractivity contribution in [3.63, 3.8) is 0 Å². The van der Waals surface area contributed by atoms with E-state index < -0.39 is 53.6 Å². The average Bonchev–Trinajstić information content (AvgIpc) is 3.80. The Labute approximate surface area is 306 Å². The number of carbonyl (C=O) groups is 4. The van der Waals surface area contributed by atoms with E-state index in [1.807, 2.05) is 0 Å². The molecule has 1 aliphatic carbocycles. The zero-order valence-electron chi connectivity index (χ0n) is 25.9. The number of ether oxygens (including phenoxy) is 1. The second-order valence-corrected chi connectivity index (χ2v) is 11.7. The van der Waals surface area contributed by atoms with Crippen LogP contribution < -0.4 is 79.8 Å². The van der Waals surface area contributed by atoms with Gasteiger partial charge in [0.2, 0.25) is 11.3 Å². The van der Waals surface area contributed by atoms with Crippen molar-refractivity contribution in [1.82, 2.24) is 14.4 Å². The van der Waals surface area contributed by atoms with E-state index in [-0.39, 0.29) is 131 Å². The normalized spacial score (nSPS) is 22.9. The number of carboxylic acids is 2. The van der Waals surface area contributed by atoms with Crippen molar-refractivity contribution in [1.29, 1.82) is 0 Å². The number of carbonyl (C=O) groups excluding carboxylic acids is 3. The van der Waals surface area contributed by atoms with Crippen LogP contribution in [0.1, 0.15) is 49.5 Å². The molecule has 2 amide bonds. The van der Waals surface area contributed by atoms with Gasteiger partial charge in [0.25, 0.3) is 0 Å². The number of aliphatic carboxylic acids is 1. The van der Waals surface area contributed by atoms with Gasteiger partial charge in [0, 0.05) is 49.6 Å². The van der Waals surface area contributed by atoms with E-state index in [9.17, 15) is 39.4 Å². The summed E-state index contributed by atoms with van der Waals surface area (Å²) < 4.78 is 22.7. The molecule has 46 heavy (non-hydrogen) atoms. The number of fused-ring (bicyclic) bond motifs is 2. The number of β-lactam (4-membered cyclic amide) rings is 1.